The maximum Gasteiger partial charge on any atom is 0.418 e. The van der Waals surface area contributed by atoms with Gasteiger partial charge in [0, 0.05) is 75.8 Å². The van der Waals surface area contributed by atoms with Crippen LogP contribution in [-0.4, -0.2) is 63.4 Å². The smallest absolute Gasteiger partial charge is 0.418 e. The Bertz CT molecular complexity index is 2460. The molecule has 2 heterocycles. The van der Waals surface area contributed by atoms with Crippen molar-refractivity contribution < 1.29 is 67.3 Å². The summed E-state index contributed by atoms with van der Waals surface area (Å²) in [5.41, 5.74) is -3.84. The number of hydrogen-bond donors (Lipinski definition) is 2. The van der Waals surface area contributed by atoms with Crippen molar-refractivity contribution in [3.05, 3.63) is 137 Å². The molecule has 0 bridgehead atoms. The van der Waals surface area contributed by atoms with Crippen LogP contribution in [0.5, 0.6) is 11.5 Å². The van der Waals surface area contributed by atoms with Crippen LogP contribution in [-0.2, 0) is 31.2 Å². The van der Waals surface area contributed by atoms with Gasteiger partial charge in [0.05, 0.1) is 44.9 Å². The van der Waals surface area contributed by atoms with Crippen molar-refractivity contribution >= 4 is 34.4 Å². The van der Waals surface area contributed by atoms with E-state index >= 15 is 13.2 Å². The van der Waals surface area contributed by atoms with Crippen molar-refractivity contribution in [2.24, 2.45) is 0 Å². The van der Waals surface area contributed by atoms with Crippen LogP contribution in [0.25, 0.3) is 0 Å². The molecule has 20 heteroatoms. The van der Waals surface area contributed by atoms with E-state index < -0.39 is 59.5 Å². The highest BCUT2D eigenvalue weighted by atomic mass is 19.4. The molecule has 0 unspecified atom stereocenters. The molecule has 2 N–H and O–H groups in total. The van der Waals surface area contributed by atoms with Crippen LogP contribution >= 0.6 is 0 Å². The average Bonchev–Trinajstić information content (AvgIpc) is 3.25. The lowest BCUT2D eigenvalue weighted by Crippen LogP contribution is -2.48. The number of ether oxygens (including phenoxy) is 1. The number of aromatic carboxylic acids is 1. The third kappa shape index (κ3) is 10.5. The highest BCUT2D eigenvalue weighted by molar-refractivity contribution is 5.87. The first-order valence-corrected chi connectivity index (χ1v) is 19.6. The Morgan fingerprint density at radius 2 is 1.00 bits per heavy atom. The molecule has 2 fully saturated rings. The Hall–Kier alpha value is -6.47. The summed E-state index contributed by atoms with van der Waals surface area (Å²) in [5.74, 6) is -1.30. The van der Waals surface area contributed by atoms with Crippen LogP contribution in [0.15, 0.2) is 103 Å². The molecule has 0 spiro atoms. The average molecular weight is 912 g/mol. The lowest BCUT2D eigenvalue weighted by atomic mass is 10.0. The number of benzene rings is 5. The van der Waals surface area contributed by atoms with E-state index in [-0.39, 0.29) is 103 Å². The summed E-state index contributed by atoms with van der Waals surface area (Å²) >= 11 is 0. The number of hydrogen-bond acceptors (Lipinski definition) is 7. The predicted molar refractivity (Wildman–Crippen MR) is 215 cm³/mol. The Balaban J connectivity index is 1.23. The largest absolute Gasteiger partial charge is 0.478 e. The Kier molecular flexibility index (Phi) is 12.5. The number of rotatable bonds is 10. The molecule has 2 aliphatic heterocycles. The molecule has 0 aromatic heterocycles. The zero-order valence-electron chi connectivity index (χ0n) is 33.3. The molecular weight excluding hydrogens is 874 g/mol. The summed E-state index contributed by atoms with van der Waals surface area (Å²) in [7, 11) is 0. The molecule has 5 aromatic carbocycles. The second-order valence-electron chi connectivity index (χ2n) is 15.0. The van der Waals surface area contributed by atoms with Gasteiger partial charge in [0.15, 0.2) is 0 Å². The van der Waals surface area contributed by atoms with Gasteiger partial charge in [-0.15, -0.1) is 0 Å². The maximum absolute atomic E-state index is 15.1. The van der Waals surface area contributed by atoms with Crippen molar-refractivity contribution in [3.8, 4) is 11.5 Å². The first-order valence-electron chi connectivity index (χ1n) is 19.6. The molecule has 64 heavy (non-hydrogen) atoms. The number of carboxylic acid groups (broad SMARTS) is 1. The minimum absolute atomic E-state index is 0.0345. The van der Waals surface area contributed by atoms with E-state index in [1.807, 2.05) is 0 Å². The maximum atomic E-state index is 15.1. The number of carbonyl (C=O) groups is 1. The number of piperazine rings is 2. The fourth-order valence-electron chi connectivity index (χ4n) is 7.61. The van der Waals surface area contributed by atoms with Crippen LogP contribution < -0.4 is 29.7 Å². The summed E-state index contributed by atoms with van der Waals surface area (Å²) < 4.78 is 174. The number of halogens is 12. The van der Waals surface area contributed by atoms with Gasteiger partial charge in [-0.1, -0.05) is 12.1 Å². The van der Waals surface area contributed by atoms with Crippen molar-refractivity contribution in [1.29, 1.82) is 0 Å². The highest BCUT2D eigenvalue weighted by Crippen LogP contribution is 2.45. The zero-order chi connectivity index (χ0) is 46.2. The highest BCUT2D eigenvalue weighted by Gasteiger charge is 2.39. The predicted octanol–water partition coefficient (Wildman–Crippen LogP) is 11.5. The third-order valence-electron chi connectivity index (χ3n) is 10.9. The standard InChI is InChI=1S/C44H37F12N5O3/c45-41(46,47)29-3-1-5-32(22-29)58-13-17-60(18-14-58)37-25-38(61-19-15-59(16-20-61)33-6-2-4-30(23-33)42(48,49)50)36(24-35(37)44(54,55)56)57-26-28-21-31(43(51,52)53)9-12-39(28)64-34-10-7-27(8-11-34)40(62)63/h1-12,21-25,57H,13-20,26H2,(H,62,63). The normalized spacial score (nSPS) is 15.4. The van der Waals surface area contributed by atoms with E-state index in [0.29, 0.717) is 0 Å². The molecule has 0 amide bonds. The summed E-state index contributed by atoms with van der Waals surface area (Å²) in [6.45, 7) is 0.0170. The number of nitrogens with one attached hydrogen (secondary N) is 1. The Labute approximate surface area is 357 Å². The lowest BCUT2D eigenvalue weighted by Gasteiger charge is -2.41. The van der Waals surface area contributed by atoms with Gasteiger partial charge in [-0.3, -0.25) is 0 Å². The molecule has 7 rings (SSSR count). The molecule has 5 aromatic rings. The van der Waals surface area contributed by atoms with Crippen LogP contribution in [0.4, 0.5) is 81.1 Å². The summed E-state index contributed by atoms with van der Waals surface area (Å²) in [6, 6.07) is 18.9. The Morgan fingerprint density at radius 1 is 0.531 bits per heavy atom. The molecule has 0 radical (unpaired) electrons. The molecule has 0 saturated carbocycles. The van der Waals surface area contributed by atoms with Gasteiger partial charge in [-0.2, -0.15) is 52.7 Å². The van der Waals surface area contributed by atoms with E-state index in [9.17, 15) is 49.4 Å². The van der Waals surface area contributed by atoms with E-state index in [0.717, 1.165) is 48.5 Å². The SMILES string of the molecule is O=C(O)c1ccc(Oc2ccc(C(F)(F)F)cc2CNc2cc(C(F)(F)F)c(N3CCN(c4cccc(C(F)(F)F)c4)CC3)cc2N2CCN(c3cccc(C(F)(F)F)c3)CC2)cc1. The second-order valence-corrected chi connectivity index (χ2v) is 15.0. The van der Waals surface area contributed by atoms with Gasteiger partial charge in [0.2, 0.25) is 0 Å². The van der Waals surface area contributed by atoms with Crippen molar-refractivity contribution in [1.82, 2.24) is 0 Å². The second kappa shape index (κ2) is 17.6. The quantitative estimate of drug-likeness (QED) is 0.134. The topological polar surface area (TPSA) is 71.5 Å². The minimum Gasteiger partial charge on any atom is -0.478 e. The van der Waals surface area contributed by atoms with Crippen molar-refractivity contribution in [2.75, 3.05) is 77.3 Å². The van der Waals surface area contributed by atoms with Crippen molar-refractivity contribution in [2.45, 2.75) is 31.2 Å². The molecule has 2 aliphatic rings. The zero-order valence-corrected chi connectivity index (χ0v) is 33.3. The summed E-state index contributed by atoms with van der Waals surface area (Å²) in [5, 5.41) is 12.1. The van der Waals surface area contributed by atoms with E-state index in [2.05, 4.69) is 5.32 Å². The van der Waals surface area contributed by atoms with Gasteiger partial charge >= 0.3 is 30.7 Å². The van der Waals surface area contributed by atoms with E-state index in [1.165, 1.54) is 59.5 Å². The summed E-state index contributed by atoms with van der Waals surface area (Å²) in [4.78, 5) is 17.8. The molecule has 340 valence electrons. The monoisotopic (exact) mass is 911 g/mol. The number of nitrogens with zero attached hydrogens (tertiary/aromatic N) is 4. The van der Waals surface area contributed by atoms with Crippen LogP contribution in [0, 0.1) is 0 Å². The van der Waals surface area contributed by atoms with Gasteiger partial charge in [-0.25, -0.2) is 4.79 Å². The number of carboxylic acids is 1. The van der Waals surface area contributed by atoms with Crippen LogP contribution in [0.3, 0.4) is 0 Å². The molecule has 2 saturated heterocycles. The summed E-state index contributed by atoms with van der Waals surface area (Å²) in [6.07, 6.45) is -19.0. The molecule has 0 atom stereocenters. The van der Waals surface area contributed by atoms with Crippen molar-refractivity contribution in [3.63, 3.8) is 0 Å². The molecule has 0 aliphatic carbocycles. The first kappa shape index (κ1) is 45.6. The minimum atomic E-state index is -4.97. The fourth-order valence-corrected chi connectivity index (χ4v) is 7.61. The molecule has 8 nitrogen and oxygen atoms in total. The van der Waals surface area contributed by atoms with E-state index in [4.69, 9.17) is 4.74 Å². The lowest BCUT2D eigenvalue weighted by molar-refractivity contribution is -0.138. The number of anilines is 5. The third-order valence-corrected chi connectivity index (χ3v) is 10.9. The van der Waals surface area contributed by atoms with Gasteiger partial charge in [0.25, 0.3) is 0 Å². The van der Waals surface area contributed by atoms with Gasteiger partial charge in [0.1, 0.15) is 11.5 Å². The van der Waals surface area contributed by atoms with Gasteiger partial charge in [-0.05, 0) is 91.0 Å². The Morgan fingerprint density at radius 3 is 1.47 bits per heavy atom. The van der Waals surface area contributed by atoms with Crippen LogP contribution in [0.2, 0.25) is 0 Å². The number of alkyl halides is 12. The van der Waals surface area contributed by atoms with Gasteiger partial charge < -0.3 is 34.8 Å². The van der Waals surface area contributed by atoms with E-state index in [1.54, 1.807) is 14.7 Å². The first-order chi connectivity index (χ1) is 30.0. The molecular formula is C44H37F12N5O3. The fraction of sp³-hybridized carbons (Fsp3) is 0.295. The van der Waals surface area contributed by atoms with Crippen LogP contribution in [0.1, 0.15) is 38.2 Å².